The monoisotopic (exact) mass is 689 g/mol. The average molecular weight is 690 g/mol. The molecule has 2 aromatic heterocycles. The van der Waals surface area contributed by atoms with Crippen molar-refractivity contribution in [2.75, 3.05) is 26.2 Å². The molecule has 0 saturated carbocycles. The first kappa shape index (κ1) is 35.2. The summed E-state index contributed by atoms with van der Waals surface area (Å²) in [6.07, 6.45) is 3.93. The molecule has 0 unspecified atom stereocenters. The Balaban J connectivity index is 1.28. The lowest BCUT2D eigenvalue weighted by Gasteiger charge is -2.39. The Hall–Kier alpha value is -5.61. The lowest BCUT2D eigenvalue weighted by Crippen LogP contribution is -2.56. The Morgan fingerprint density at radius 1 is 0.745 bits per heavy atom. The van der Waals surface area contributed by atoms with E-state index in [1.807, 2.05) is 89.8 Å². The molecule has 51 heavy (non-hydrogen) atoms. The molecule has 3 aromatic carbocycles. The maximum Gasteiger partial charge on any atom is 0.416 e. The molecule has 0 spiro atoms. The number of alkyl halides is 3. The molecule has 1 saturated heterocycles. The first-order valence-corrected chi connectivity index (χ1v) is 16.8. The Labute approximate surface area is 295 Å². The van der Waals surface area contributed by atoms with Crippen LogP contribution in [0.2, 0.25) is 0 Å². The molecule has 1 aliphatic heterocycles. The molecule has 6 rings (SSSR count). The highest BCUT2D eigenvalue weighted by Crippen LogP contribution is 2.29. The molecule has 10 heteroatoms. The maximum absolute atomic E-state index is 14.5. The van der Waals surface area contributed by atoms with Crippen LogP contribution < -0.4 is 0 Å². The average Bonchev–Trinajstić information content (AvgIpc) is 3.16. The lowest BCUT2D eigenvalue weighted by atomic mass is 10.0. The molecule has 7 nitrogen and oxygen atoms in total. The van der Waals surface area contributed by atoms with Crippen molar-refractivity contribution in [3.05, 3.63) is 162 Å². The highest BCUT2D eigenvalue weighted by Gasteiger charge is 2.34. The number of nitrogens with zero attached hydrogens (tertiary/aromatic N) is 5. The summed E-state index contributed by atoms with van der Waals surface area (Å²) in [5.74, 6) is -0.571. The minimum Gasteiger partial charge on any atom is -0.338 e. The van der Waals surface area contributed by atoms with Crippen LogP contribution in [0.5, 0.6) is 0 Å². The third-order valence-electron chi connectivity index (χ3n) is 8.98. The van der Waals surface area contributed by atoms with E-state index in [1.165, 1.54) is 24.3 Å². The van der Waals surface area contributed by atoms with E-state index in [9.17, 15) is 22.8 Å². The van der Waals surface area contributed by atoms with Gasteiger partial charge < -0.3 is 9.80 Å². The van der Waals surface area contributed by atoms with E-state index in [0.717, 1.165) is 46.6 Å². The summed E-state index contributed by atoms with van der Waals surface area (Å²) < 4.78 is 39.5. The minimum atomic E-state index is -4.46. The zero-order valence-corrected chi connectivity index (χ0v) is 28.0. The Bertz CT molecular complexity index is 1900. The zero-order valence-electron chi connectivity index (χ0n) is 28.0. The van der Waals surface area contributed by atoms with Gasteiger partial charge in [0.25, 0.3) is 0 Å². The number of hydrogen-bond acceptors (Lipinski definition) is 5. The number of rotatable bonds is 11. The van der Waals surface area contributed by atoms with Crippen LogP contribution in [0.4, 0.5) is 13.2 Å². The third kappa shape index (κ3) is 9.55. The van der Waals surface area contributed by atoms with Crippen molar-refractivity contribution >= 4 is 17.9 Å². The molecule has 260 valence electrons. The van der Waals surface area contributed by atoms with Gasteiger partial charge in [0.05, 0.1) is 11.3 Å². The summed E-state index contributed by atoms with van der Waals surface area (Å²) in [7, 11) is 0. The predicted octanol–water partition coefficient (Wildman–Crippen LogP) is 7.16. The number of piperazine rings is 1. The summed E-state index contributed by atoms with van der Waals surface area (Å²) in [5.41, 5.74) is 4.28. The molecule has 1 aliphatic rings. The fraction of sp³-hybridized carbons (Fsp3) is 0.220. The third-order valence-corrected chi connectivity index (χ3v) is 8.98. The summed E-state index contributed by atoms with van der Waals surface area (Å²) in [6, 6.07) is 30.8. The summed E-state index contributed by atoms with van der Waals surface area (Å²) >= 11 is 0. The molecule has 1 fully saturated rings. The lowest BCUT2D eigenvalue weighted by molar-refractivity contribution is -0.145. The minimum absolute atomic E-state index is 0.143. The Morgan fingerprint density at radius 3 is 2.08 bits per heavy atom. The summed E-state index contributed by atoms with van der Waals surface area (Å²) in [4.78, 5) is 42.9. The first-order valence-electron chi connectivity index (χ1n) is 16.8. The molecule has 5 aromatic rings. The van der Waals surface area contributed by atoms with Crippen LogP contribution in [0.15, 0.2) is 134 Å². The first-order chi connectivity index (χ1) is 24.7. The number of amides is 2. The number of aromatic nitrogens is 2. The van der Waals surface area contributed by atoms with Crippen LogP contribution in [0.3, 0.4) is 0 Å². The topological polar surface area (TPSA) is 69.6 Å². The van der Waals surface area contributed by atoms with Crippen molar-refractivity contribution in [2.45, 2.75) is 31.7 Å². The number of hydrogen-bond donors (Lipinski definition) is 0. The number of pyridine rings is 2. The number of carbonyl (C=O) groups is 2. The fourth-order valence-corrected chi connectivity index (χ4v) is 6.15. The Kier molecular flexibility index (Phi) is 11.3. The van der Waals surface area contributed by atoms with Gasteiger partial charge in [0.2, 0.25) is 11.8 Å². The van der Waals surface area contributed by atoms with Gasteiger partial charge in [-0.3, -0.25) is 24.5 Å². The molecule has 0 aliphatic carbocycles. The van der Waals surface area contributed by atoms with E-state index in [0.29, 0.717) is 38.2 Å². The summed E-state index contributed by atoms with van der Waals surface area (Å²) in [6.45, 7) is 3.29. The largest absolute Gasteiger partial charge is 0.416 e. The molecule has 3 heterocycles. The second kappa shape index (κ2) is 16.4. The number of benzene rings is 3. The van der Waals surface area contributed by atoms with Gasteiger partial charge in [-0.15, -0.1) is 0 Å². The van der Waals surface area contributed by atoms with Gasteiger partial charge >= 0.3 is 6.18 Å². The van der Waals surface area contributed by atoms with Gasteiger partial charge in [0.15, 0.2) is 0 Å². The molecule has 2 amide bonds. The van der Waals surface area contributed by atoms with E-state index in [2.05, 4.69) is 14.9 Å². The van der Waals surface area contributed by atoms with Crippen molar-refractivity contribution < 1.29 is 22.8 Å². The van der Waals surface area contributed by atoms with Crippen LogP contribution in [-0.2, 0) is 35.3 Å². The molecule has 0 N–H and O–H groups in total. The van der Waals surface area contributed by atoms with E-state index < -0.39 is 23.7 Å². The second-order valence-electron chi connectivity index (χ2n) is 12.5. The van der Waals surface area contributed by atoms with Crippen LogP contribution in [0.25, 0.3) is 17.3 Å². The van der Waals surface area contributed by atoms with Gasteiger partial charge in [0, 0.05) is 75.9 Å². The number of carbonyl (C=O) groups excluding carboxylic acids is 2. The fourth-order valence-electron chi connectivity index (χ4n) is 6.15. The summed E-state index contributed by atoms with van der Waals surface area (Å²) in [5, 5.41) is 0. The maximum atomic E-state index is 14.5. The Morgan fingerprint density at radius 2 is 1.43 bits per heavy atom. The molecular weight excluding hydrogens is 651 g/mol. The zero-order chi connectivity index (χ0) is 35.6. The predicted molar refractivity (Wildman–Crippen MR) is 191 cm³/mol. The van der Waals surface area contributed by atoms with E-state index in [1.54, 1.807) is 23.5 Å². The van der Waals surface area contributed by atoms with Gasteiger partial charge in [-0.25, -0.2) is 0 Å². The van der Waals surface area contributed by atoms with E-state index in [-0.39, 0.29) is 12.5 Å². The quantitative estimate of drug-likeness (QED) is 0.138. The van der Waals surface area contributed by atoms with E-state index in [4.69, 9.17) is 0 Å². The standard InChI is InChI=1S/C41H38F3N5O2/c42-41(43,44)36-16-11-31(12-17-36)13-18-39(50)49(30-33-9-14-35(15-10-33)37-8-4-5-21-46-37)38(28-32-6-2-1-3-7-32)40(51)48-26-24-47(25-27-48)29-34-19-22-45-23-20-34/h1-23,38H,24-30H2/b18-13-/t38-/m0/s1. The normalized spacial score (nSPS) is 14.4. The molecule has 1 atom stereocenters. The van der Waals surface area contributed by atoms with Crippen molar-refractivity contribution in [2.24, 2.45) is 0 Å². The van der Waals surface area contributed by atoms with Gasteiger partial charge in [0.1, 0.15) is 6.04 Å². The smallest absolute Gasteiger partial charge is 0.338 e. The second-order valence-corrected chi connectivity index (χ2v) is 12.5. The van der Waals surface area contributed by atoms with Gasteiger partial charge in [-0.1, -0.05) is 72.8 Å². The van der Waals surface area contributed by atoms with Crippen molar-refractivity contribution in [3.8, 4) is 11.3 Å². The molecular formula is C41H38F3N5O2. The van der Waals surface area contributed by atoms with Gasteiger partial charge in [-0.2, -0.15) is 13.2 Å². The van der Waals surface area contributed by atoms with Crippen molar-refractivity contribution in [1.29, 1.82) is 0 Å². The van der Waals surface area contributed by atoms with Crippen LogP contribution >= 0.6 is 0 Å². The number of halogens is 3. The van der Waals surface area contributed by atoms with Crippen LogP contribution in [-0.4, -0.2) is 68.7 Å². The van der Waals surface area contributed by atoms with Crippen LogP contribution in [0, 0.1) is 0 Å². The molecule has 0 bridgehead atoms. The van der Waals surface area contributed by atoms with Crippen LogP contribution in [0.1, 0.15) is 27.8 Å². The SMILES string of the molecule is O=C([C@H](Cc1ccccc1)N(Cc1ccc(-c2ccccn2)cc1)C(=O)/C=C\c1ccc(C(F)(F)F)cc1)N1CCN(Cc2ccncc2)CC1. The highest BCUT2D eigenvalue weighted by atomic mass is 19.4. The van der Waals surface area contributed by atoms with Gasteiger partial charge in [-0.05, 0) is 64.7 Å². The van der Waals surface area contributed by atoms with E-state index >= 15 is 0 Å². The molecule has 0 radical (unpaired) electrons. The van der Waals surface area contributed by atoms with Crippen molar-refractivity contribution in [1.82, 2.24) is 24.7 Å². The van der Waals surface area contributed by atoms with Crippen molar-refractivity contribution in [3.63, 3.8) is 0 Å². The highest BCUT2D eigenvalue weighted by molar-refractivity contribution is 5.95.